The normalized spacial score (nSPS) is 23.8. The average molecular weight is 163 g/mol. The van der Waals surface area contributed by atoms with Crippen LogP contribution in [0.4, 0.5) is 0 Å². The number of nitrogens with zero attached hydrogens (tertiary/aromatic N) is 1. The minimum atomic E-state index is 0.576. The Morgan fingerprint density at radius 3 is 3.00 bits per heavy atom. The lowest BCUT2D eigenvalue weighted by Gasteiger charge is -2.12. The molecule has 0 fully saturated rings. The number of aliphatic imine (C=N–C) groups is 1. The molecule has 2 nitrogen and oxygen atoms in total. The van der Waals surface area contributed by atoms with Gasteiger partial charge in [0.25, 0.3) is 0 Å². The Labute approximate surface area is 73.0 Å². The highest BCUT2D eigenvalue weighted by atomic mass is 16.5. The van der Waals surface area contributed by atoms with E-state index >= 15 is 0 Å². The number of ether oxygens (including phenoxy) is 1. The van der Waals surface area contributed by atoms with Crippen LogP contribution in [-0.2, 0) is 4.74 Å². The van der Waals surface area contributed by atoms with Crippen LogP contribution in [0.1, 0.15) is 13.8 Å². The predicted molar refractivity (Wildman–Crippen MR) is 51.1 cm³/mol. The fraction of sp³-hybridized carbons (Fsp3) is 0.300. The van der Waals surface area contributed by atoms with Gasteiger partial charge in [0.2, 0.25) is 0 Å². The summed E-state index contributed by atoms with van der Waals surface area (Å²) in [5.41, 5.74) is 0.891. The van der Waals surface area contributed by atoms with Gasteiger partial charge in [0.05, 0.1) is 0 Å². The van der Waals surface area contributed by atoms with Gasteiger partial charge in [-0.3, -0.25) is 4.99 Å². The molecule has 1 rings (SSSR count). The summed E-state index contributed by atoms with van der Waals surface area (Å²) in [6.45, 7) is 4.49. The lowest BCUT2D eigenvalue weighted by Crippen LogP contribution is -2.04. The zero-order chi connectivity index (χ0) is 8.81. The SMILES string of the molecule is C\C=C/C=C1/N=CCO/C1=C/C. The largest absolute Gasteiger partial charge is 0.486 e. The van der Waals surface area contributed by atoms with Crippen LogP contribution in [0.25, 0.3) is 0 Å². The van der Waals surface area contributed by atoms with Crippen LogP contribution in [0.5, 0.6) is 0 Å². The molecule has 0 spiro atoms. The molecule has 0 N–H and O–H groups in total. The first-order chi connectivity index (χ1) is 5.88. The van der Waals surface area contributed by atoms with Crippen LogP contribution >= 0.6 is 0 Å². The molecule has 0 bridgehead atoms. The fourth-order valence-corrected chi connectivity index (χ4v) is 0.944. The molecule has 1 aliphatic heterocycles. The highest BCUT2D eigenvalue weighted by Crippen LogP contribution is 2.15. The van der Waals surface area contributed by atoms with Crippen molar-refractivity contribution in [3.63, 3.8) is 0 Å². The van der Waals surface area contributed by atoms with E-state index in [0.717, 1.165) is 11.5 Å². The van der Waals surface area contributed by atoms with Crippen molar-refractivity contribution in [2.75, 3.05) is 6.61 Å². The Balaban J connectivity index is 2.85. The summed E-state index contributed by atoms with van der Waals surface area (Å²) < 4.78 is 5.35. The van der Waals surface area contributed by atoms with Crippen LogP contribution in [0.3, 0.4) is 0 Å². The lowest BCUT2D eigenvalue weighted by molar-refractivity contribution is 0.263. The minimum Gasteiger partial charge on any atom is -0.486 e. The van der Waals surface area contributed by atoms with E-state index in [1.807, 2.05) is 38.2 Å². The predicted octanol–water partition coefficient (Wildman–Crippen LogP) is 2.45. The van der Waals surface area contributed by atoms with Crippen molar-refractivity contribution in [2.24, 2.45) is 4.99 Å². The van der Waals surface area contributed by atoms with Crippen LogP contribution in [-0.4, -0.2) is 12.8 Å². The van der Waals surface area contributed by atoms with Gasteiger partial charge in [0.15, 0.2) is 0 Å². The van der Waals surface area contributed by atoms with Crippen LogP contribution in [0, 0.1) is 0 Å². The van der Waals surface area contributed by atoms with E-state index in [1.165, 1.54) is 0 Å². The Kier molecular flexibility index (Phi) is 3.33. The van der Waals surface area contributed by atoms with Crippen molar-refractivity contribution in [2.45, 2.75) is 13.8 Å². The molecule has 1 aliphatic rings. The summed E-state index contributed by atoms with van der Waals surface area (Å²) in [5.74, 6) is 0.857. The molecule has 0 aromatic heterocycles. The smallest absolute Gasteiger partial charge is 0.141 e. The summed E-state index contributed by atoms with van der Waals surface area (Å²) in [6, 6.07) is 0. The third kappa shape index (κ3) is 2.09. The molecule has 2 heteroatoms. The van der Waals surface area contributed by atoms with Gasteiger partial charge >= 0.3 is 0 Å². The molecule has 0 saturated carbocycles. The Morgan fingerprint density at radius 1 is 1.50 bits per heavy atom. The van der Waals surface area contributed by atoms with Crippen molar-refractivity contribution in [1.29, 1.82) is 0 Å². The third-order valence-corrected chi connectivity index (χ3v) is 1.50. The van der Waals surface area contributed by atoms with Gasteiger partial charge in [-0.1, -0.05) is 12.2 Å². The van der Waals surface area contributed by atoms with Crippen molar-refractivity contribution in [3.8, 4) is 0 Å². The van der Waals surface area contributed by atoms with Crippen molar-refractivity contribution in [1.82, 2.24) is 0 Å². The first-order valence-corrected chi connectivity index (χ1v) is 4.03. The van der Waals surface area contributed by atoms with Gasteiger partial charge in [-0.05, 0) is 26.0 Å². The fourth-order valence-electron chi connectivity index (χ4n) is 0.944. The Bertz CT molecular complexity index is 259. The van der Waals surface area contributed by atoms with Crippen LogP contribution in [0.2, 0.25) is 0 Å². The Hall–Kier alpha value is -1.31. The van der Waals surface area contributed by atoms with E-state index in [0.29, 0.717) is 6.61 Å². The maximum Gasteiger partial charge on any atom is 0.141 e. The molecule has 0 aromatic carbocycles. The van der Waals surface area contributed by atoms with Crippen LogP contribution in [0.15, 0.2) is 40.8 Å². The number of hydrogen-bond acceptors (Lipinski definition) is 2. The van der Waals surface area contributed by atoms with Crippen molar-refractivity contribution >= 4 is 6.21 Å². The zero-order valence-corrected chi connectivity index (χ0v) is 7.45. The van der Waals surface area contributed by atoms with E-state index in [1.54, 1.807) is 6.21 Å². The molecule has 0 radical (unpaired) electrons. The first kappa shape index (κ1) is 8.78. The standard InChI is InChI=1S/C10H13NO/c1-3-5-6-9-10(4-2)12-8-7-11-9/h3-7H,8H2,1-2H3/b5-3-,9-6+,10-4+. The average Bonchev–Trinajstić information content (AvgIpc) is 2.15. The molecule has 12 heavy (non-hydrogen) atoms. The monoisotopic (exact) mass is 163 g/mol. The first-order valence-electron chi connectivity index (χ1n) is 4.03. The van der Waals surface area contributed by atoms with Gasteiger partial charge in [-0.15, -0.1) is 0 Å². The van der Waals surface area contributed by atoms with E-state index in [2.05, 4.69) is 4.99 Å². The molecule has 0 aromatic rings. The summed E-state index contributed by atoms with van der Waals surface area (Å²) in [4.78, 5) is 4.21. The van der Waals surface area contributed by atoms with Gasteiger partial charge in [0.1, 0.15) is 18.1 Å². The van der Waals surface area contributed by atoms with E-state index in [9.17, 15) is 0 Å². The second kappa shape index (κ2) is 4.54. The van der Waals surface area contributed by atoms with Gasteiger partial charge < -0.3 is 4.74 Å². The second-order valence-electron chi connectivity index (χ2n) is 2.35. The van der Waals surface area contributed by atoms with Crippen LogP contribution < -0.4 is 0 Å². The van der Waals surface area contributed by atoms with Gasteiger partial charge in [0, 0.05) is 6.21 Å². The van der Waals surface area contributed by atoms with Crippen molar-refractivity contribution in [3.05, 3.63) is 35.8 Å². The summed E-state index contributed by atoms with van der Waals surface area (Å²) >= 11 is 0. The molecular formula is C10H13NO. The lowest BCUT2D eigenvalue weighted by atomic mass is 10.3. The summed E-state index contributed by atoms with van der Waals surface area (Å²) in [7, 11) is 0. The minimum absolute atomic E-state index is 0.576. The highest BCUT2D eigenvalue weighted by Gasteiger charge is 2.05. The number of rotatable bonds is 1. The molecule has 0 amide bonds. The molecule has 0 unspecified atom stereocenters. The maximum atomic E-state index is 5.35. The molecule has 0 saturated heterocycles. The summed E-state index contributed by atoms with van der Waals surface area (Å²) in [5, 5.41) is 0. The number of hydrogen-bond donors (Lipinski definition) is 0. The van der Waals surface area contributed by atoms with E-state index < -0.39 is 0 Å². The quantitative estimate of drug-likeness (QED) is 0.581. The van der Waals surface area contributed by atoms with E-state index in [4.69, 9.17) is 4.74 Å². The topological polar surface area (TPSA) is 21.6 Å². The highest BCUT2D eigenvalue weighted by molar-refractivity contribution is 5.63. The van der Waals surface area contributed by atoms with Gasteiger partial charge in [-0.25, -0.2) is 0 Å². The third-order valence-electron chi connectivity index (χ3n) is 1.50. The maximum absolute atomic E-state index is 5.35. The van der Waals surface area contributed by atoms with Gasteiger partial charge in [-0.2, -0.15) is 0 Å². The molecular weight excluding hydrogens is 150 g/mol. The molecule has 0 aliphatic carbocycles. The molecule has 1 heterocycles. The summed E-state index contributed by atoms with van der Waals surface area (Å²) in [6.07, 6.45) is 9.54. The zero-order valence-electron chi connectivity index (χ0n) is 7.45. The molecule has 0 atom stereocenters. The molecule has 64 valence electrons. The Morgan fingerprint density at radius 2 is 2.33 bits per heavy atom. The van der Waals surface area contributed by atoms with E-state index in [-0.39, 0.29) is 0 Å². The second-order valence-corrected chi connectivity index (χ2v) is 2.35. The number of allylic oxidation sites excluding steroid dienone is 4. The van der Waals surface area contributed by atoms with Crippen molar-refractivity contribution < 1.29 is 4.74 Å².